The number of hydrogen-bond acceptors (Lipinski definition) is 2. The first-order valence-corrected chi connectivity index (χ1v) is 6.88. The Morgan fingerprint density at radius 1 is 1.00 bits per heavy atom. The Kier molecular flexibility index (Phi) is 3.96. The van der Waals surface area contributed by atoms with E-state index in [1.54, 1.807) is 6.07 Å². The summed E-state index contributed by atoms with van der Waals surface area (Å²) >= 11 is 0. The molecule has 1 heterocycles. The molecule has 0 radical (unpaired) electrons. The summed E-state index contributed by atoms with van der Waals surface area (Å²) in [5, 5.41) is 7.53. The molecule has 4 heteroatoms. The van der Waals surface area contributed by atoms with Crippen molar-refractivity contribution in [2.45, 2.75) is 6.54 Å². The van der Waals surface area contributed by atoms with Crippen LogP contribution in [0.3, 0.4) is 0 Å². The fourth-order valence-electron chi connectivity index (χ4n) is 2.18. The van der Waals surface area contributed by atoms with Crippen LogP contribution in [0.1, 0.15) is 0 Å². The number of aromatic nitrogens is 2. The SMILES string of the molecule is Fc1cccc(NCCn2cc(-c3ccccc3)cn2)c1. The molecule has 1 aromatic heterocycles. The third kappa shape index (κ3) is 3.48. The summed E-state index contributed by atoms with van der Waals surface area (Å²) in [6, 6.07) is 16.6. The van der Waals surface area contributed by atoms with Crippen molar-refractivity contribution >= 4 is 5.69 Å². The van der Waals surface area contributed by atoms with Crippen molar-refractivity contribution in [2.75, 3.05) is 11.9 Å². The second kappa shape index (κ2) is 6.22. The van der Waals surface area contributed by atoms with E-state index >= 15 is 0 Å². The Hall–Kier alpha value is -2.62. The van der Waals surface area contributed by atoms with Gasteiger partial charge < -0.3 is 5.32 Å². The number of hydrogen-bond donors (Lipinski definition) is 1. The number of halogens is 1. The van der Waals surface area contributed by atoms with E-state index in [9.17, 15) is 4.39 Å². The van der Waals surface area contributed by atoms with Crippen molar-refractivity contribution in [3.63, 3.8) is 0 Å². The molecule has 3 rings (SSSR count). The van der Waals surface area contributed by atoms with Gasteiger partial charge in [0.15, 0.2) is 0 Å². The van der Waals surface area contributed by atoms with Crippen LogP contribution in [0.15, 0.2) is 67.0 Å². The summed E-state index contributed by atoms with van der Waals surface area (Å²) < 4.78 is 14.9. The van der Waals surface area contributed by atoms with Gasteiger partial charge in [0.1, 0.15) is 5.82 Å². The van der Waals surface area contributed by atoms with Crippen LogP contribution in [0.2, 0.25) is 0 Å². The highest BCUT2D eigenvalue weighted by Gasteiger charge is 2.01. The standard InChI is InChI=1S/C17H16FN3/c18-16-7-4-8-17(11-16)19-9-10-21-13-15(12-20-21)14-5-2-1-3-6-14/h1-8,11-13,19H,9-10H2. The van der Waals surface area contributed by atoms with Gasteiger partial charge in [-0.05, 0) is 23.8 Å². The molecular weight excluding hydrogens is 265 g/mol. The number of nitrogens with one attached hydrogen (secondary N) is 1. The Bertz CT molecular complexity index is 707. The van der Waals surface area contributed by atoms with Gasteiger partial charge in [0.25, 0.3) is 0 Å². The molecule has 0 saturated carbocycles. The smallest absolute Gasteiger partial charge is 0.125 e. The molecule has 106 valence electrons. The molecule has 21 heavy (non-hydrogen) atoms. The molecule has 0 amide bonds. The molecule has 3 aromatic rings. The minimum absolute atomic E-state index is 0.231. The van der Waals surface area contributed by atoms with E-state index in [1.807, 2.05) is 41.3 Å². The first-order valence-electron chi connectivity index (χ1n) is 6.88. The third-order valence-corrected chi connectivity index (χ3v) is 3.24. The summed E-state index contributed by atoms with van der Waals surface area (Å²) in [6.07, 6.45) is 3.88. The van der Waals surface area contributed by atoms with Gasteiger partial charge >= 0.3 is 0 Å². The molecule has 0 fully saturated rings. The van der Waals surface area contributed by atoms with E-state index in [0.717, 1.165) is 23.4 Å². The number of anilines is 1. The van der Waals surface area contributed by atoms with E-state index in [-0.39, 0.29) is 5.82 Å². The van der Waals surface area contributed by atoms with Crippen LogP contribution in [-0.2, 0) is 6.54 Å². The van der Waals surface area contributed by atoms with E-state index in [1.165, 1.54) is 12.1 Å². The maximum atomic E-state index is 13.1. The zero-order chi connectivity index (χ0) is 14.5. The quantitative estimate of drug-likeness (QED) is 0.771. The Morgan fingerprint density at radius 2 is 1.86 bits per heavy atom. The van der Waals surface area contributed by atoms with Crippen LogP contribution < -0.4 is 5.32 Å². The average Bonchev–Trinajstić information content (AvgIpc) is 2.97. The van der Waals surface area contributed by atoms with Gasteiger partial charge in [0, 0.05) is 24.0 Å². The molecule has 1 N–H and O–H groups in total. The normalized spacial score (nSPS) is 10.5. The average molecular weight is 281 g/mol. The van der Waals surface area contributed by atoms with Crippen molar-refractivity contribution in [3.8, 4) is 11.1 Å². The Labute approximate surface area is 123 Å². The second-order valence-corrected chi connectivity index (χ2v) is 4.80. The van der Waals surface area contributed by atoms with Crippen LogP contribution in [0, 0.1) is 5.82 Å². The summed E-state index contributed by atoms with van der Waals surface area (Å²) in [4.78, 5) is 0. The third-order valence-electron chi connectivity index (χ3n) is 3.24. The topological polar surface area (TPSA) is 29.9 Å². The van der Waals surface area contributed by atoms with Gasteiger partial charge in [-0.2, -0.15) is 5.10 Å². The maximum Gasteiger partial charge on any atom is 0.125 e. The second-order valence-electron chi connectivity index (χ2n) is 4.80. The lowest BCUT2D eigenvalue weighted by Gasteiger charge is -2.06. The Balaban J connectivity index is 1.58. The van der Waals surface area contributed by atoms with Crippen LogP contribution in [0.5, 0.6) is 0 Å². The molecule has 0 unspecified atom stereocenters. The molecule has 2 aromatic carbocycles. The van der Waals surface area contributed by atoms with E-state index in [4.69, 9.17) is 0 Å². The van der Waals surface area contributed by atoms with Crippen LogP contribution >= 0.6 is 0 Å². The van der Waals surface area contributed by atoms with E-state index in [2.05, 4.69) is 22.5 Å². The van der Waals surface area contributed by atoms with Crippen LogP contribution in [-0.4, -0.2) is 16.3 Å². The predicted octanol–water partition coefficient (Wildman–Crippen LogP) is 3.80. The minimum atomic E-state index is -0.231. The summed E-state index contributed by atoms with van der Waals surface area (Å²) in [7, 11) is 0. The molecule has 3 nitrogen and oxygen atoms in total. The van der Waals surface area contributed by atoms with Crippen molar-refractivity contribution in [1.29, 1.82) is 0 Å². The van der Waals surface area contributed by atoms with E-state index < -0.39 is 0 Å². The highest BCUT2D eigenvalue weighted by Crippen LogP contribution is 2.17. The number of rotatable bonds is 5. The molecule has 0 bridgehead atoms. The molecule has 0 atom stereocenters. The van der Waals surface area contributed by atoms with Crippen LogP contribution in [0.4, 0.5) is 10.1 Å². The van der Waals surface area contributed by atoms with Crippen molar-refractivity contribution in [2.24, 2.45) is 0 Å². The number of nitrogens with zero attached hydrogens (tertiary/aromatic N) is 2. The highest BCUT2D eigenvalue weighted by atomic mass is 19.1. The monoisotopic (exact) mass is 281 g/mol. The van der Waals surface area contributed by atoms with Gasteiger partial charge in [-0.1, -0.05) is 36.4 Å². The molecule has 0 saturated heterocycles. The molecule has 0 aliphatic heterocycles. The molecule has 0 aliphatic rings. The molecule has 0 spiro atoms. The van der Waals surface area contributed by atoms with Gasteiger partial charge in [-0.25, -0.2) is 4.39 Å². The lowest BCUT2D eigenvalue weighted by Crippen LogP contribution is -2.10. The van der Waals surface area contributed by atoms with Crippen molar-refractivity contribution < 1.29 is 4.39 Å². The summed E-state index contributed by atoms with van der Waals surface area (Å²) in [5.74, 6) is -0.231. The van der Waals surface area contributed by atoms with Crippen molar-refractivity contribution in [3.05, 3.63) is 72.8 Å². The Morgan fingerprint density at radius 3 is 2.67 bits per heavy atom. The van der Waals surface area contributed by atoms with Gasteiger partial charge in [-0.3, -0.25) is 4.68 Å². The van der Waals surface area contributed by atoms with Gasteiger partial charge in [-0.15, -0.1) is 0 Å². The summed E-state index contributed by atoms with van der Waals surface area (Å²) in [5.41, 5.74) is 3.04. The largest absolute Gasteiger partial charge is 0.383 e. The first-order chi connectivity index (χ1) is 10.3. The van der Waals surface area contributed by atoms with Crippen LogP contribution in [0.25, 0.3) is 11.1 Å². The predicted molar refractivity (Wildman–Crippen MR) is 82.6 cm³/mol. The zero-order valence-electron chi connectivity index (χ0n) is 11.5. The molecule has 0 aliphatic carbocycles. The fraction of sp³-hybridized carbons (Fsp3) is 0.118. The fourth-order valence-corrected chi connectivity index (χ4v) is 2.18. The van der Waals surface area contributed by atoms with Crippen molar-refractivity contribution in [1.82, 2.24) is 9.78 Å². The van der Waals surface area contributed by atoms with Gasteiger partial charge in [0.05, 0.1) is 12.7 Å². The maximum absolute atomic E-state index is 13.1. The van der Waals surface area contributed by atoms with E-state index in [0.29, 0.717) is 6.54 Å². The minimum Gasteiger partial charge on any atom is -0.383 e. The first kappa shape index (κ1) is 13.4. The highest BCUT2D eigenvalue weighted by molar-refractivity contribution is 5.61. The lowest BCUT2D eigenvalue weighted by atomic mass is 10.1. The molecular formula is C17H16FN3. The lowest BCUT2D eigenvalue weighted by molar-refractivity contribution is 0.625. The summed E-state index contributed by atoms with van der Waals surface area (Å²) in [6.45, 7) is 1.42. The zero-order valence-corrected chi connectivity index (χ0v) is 11.5. The number of benzene rings is 2. The van der Waals surface area contributed by atoms with Gasteiger partial charge in [0.2, 0.25) is 0 Å².